The van der Waals surface area contributed by atoms with Gasteiger partial charge >= 0.3 is 0 Å². The lowest BCUT2D eigenvalue weighted by molar-refractivity contribution is 1.08. The third kappa shape index (κ3) is 3.15. The van der Waals surface area contributed by atoms with Crippen molar-refractivity contribution >= 4 is 29.2 Å². The number of benzene rings is 1. The molecule has 1 heterocycles. The normalized spacial score (nSPS) is 11.0. The molecule has 0 atom stereocenters. The number of aliphatic imine (C=N–C) groups is 1. The van der Waals surface area contributed by atoms with Crippen LogP contribution in [0.2, 0.25) is 4.47 Å². The molecule has 2 nitrogen and oxygen atoms in total. The monoisotopic (exact) mass is 236 g/mol. The standard InChI is InChI=1S/C11H9ClN2S/c12-11-14-8-10(15-11)7-13-6-9-4-2-1-3-5-9/h1-5,7-8H,6H2. The minimum Gasteiger partial charge on any atom is -0.287 e. The summed E-state index contributed by atoms with van der Waals surface area (Å²) < 4.78 is 0.552. The summed E-state index contributed by atoms with van der Waals surface area (Å²) in [6, 6.07) is 10.1. The molecular formula is C11H9ClN2S. The van der Waals surface area contributed by atoms with E-state index in [1.54, 1.807) is 12.4 Å². The van der Waals surface area contributed by atoms with Gasteiger partial charge in [0.25, 0.3) is 0 Å². The maximum absolute atomic E-state index is 5.70. The lowest BCUT2D eigenvalue weighted by atomic mass is 10.2. The lowest BCUT2D eigenvalue weighted by Crippen LogP contribution is -1.81. The Morgan fingerprint density at radius 3 is 2.80 bits per heavy atom. The van der Waals surface area contributed by atoms with Gasteiger partial charge in [0.15, 0.2) is 4.47 Å². The number of aromatic nitrogens is 1. The van der Waals surface area contributed by atoms with Gasteiger partial charge in [0, 0.05) is 12.4 Å². The molecule has 0 unspecified atom stereocenters. The third-order valence-corrected chi connectivity index (χ3v) is 2.88. The molecule has 0 aliphatic rings. The number of hydrogen-bond donors (Lipinski definition) is 0. The Morgan fingerprint density at radius 2 is 2.13 bits per heavy atom. The number of rotatable bonds is 3. The predicted molar refractivity (Wildman–Crippen MR) is 64.9 cm³/mol. The van der Waals surface area contributed by atoms with E-state index < -0.39 is 0 Å². The maximum Gasteiger partial charge on any atom is 0.184 e. The van der Waals surface area contributed by atoms with Gasteiger partial charge in [-0.1, -0.05) is 41.9 Å². The van der Waals surface area contributed by atoms with Crippen LogP contribution in [0.25, 0.3) is 0 Å². The zero-order chi connectivity index (χ0) is 10.5. The molecule has 76 valence electrons. The van der Waals surface area contributed by atoms with Crippen LogP contribution in [0, 0.1) is 0 Å². The Bertz CT molecular complexity index is 451. The minimum absolute atomic E-state index is 0.552. The molecule has 1 aromatic carbocycles. The first-order valence-corrected chi connectivity index (χ1v) is 5.69. The van der Waals surface area contributed by atoms with Crippen LogP contribution in [-0.2, 0) is 6.54 Å². The topological polar surface area (TPSA) is 25.2 Å². The summed E-state index contributed by atoms with van der Waals surface area (Å²) in [6.45, 7) is 0.691. The van der Waals surface area contributed by atoms with Crippen molar-refractivity contribution < 1.29 is 0 Å². The van der Waals surface area contributed by atoms with Crippen molar-refractivity contribution in [1.82, 2.24) is 4.98 Å². The van der Waals surface area contributed by atoms with Crippen LogP contribution >= 0.6 is 22.9 Å². The number of nitrogens with zero attached hydrogens (tertiary/aromatic N) is 2. The number of hydrogen-bond acceptors (Lipinski definition) is 3. The largest absolute Gasteiger partial charge is 0.287 e. The highest BCUT2D eigenvalue weighted by atomic mass is 35.5. The molecule has 1 aromatic heterocycles. The highest BCUT2D eigenvalue weighted by Crippen LogP contribution is 2.15. The van der Waals surface area contributed by atoms with E-state index in [-0.39, 0.29) is 0 Å². The smallest absolute Gasteiger partial charge is 0.184 e. The van der Waals surface area contributed by atoms with E-state index in [1.807, 2.05) is 18.2 Å². The van der Waals surface area contributed by atoms with Gasteiger partial charge in [-0.3, -0.25) is 4.99 Å². The minimum atomic E-state index is 0.552. The Kier molecular flexibility index (Phi) is 3.48. The fraction of sp³-hybridized carbons (Fsp3) is 0.0909. The summed E-state index contributed by atoms with van der Waals surface area (Å²) in [5.74, 6) is 0. The SMILES string of the molecule is Clc1ncc(C=NCc2ccccc2)s1. The van der Waals surface area contributed by atoms with E-state index >= 15 is 0 Å². The van der Waals surface area contributed by atoms with Crippen LogP contribution in [0.5, 0.6) is 0 Å². The van der Waals surface area contributed by atoms with Crippen molar-refractivity contribution in [2.75, 3.05) is 0 Å². The first kappa shape index (κ1) is 10.3. The second-order valence-electron chi connectivity index (χ2n) is 2.97. The third-order valence-electron chi connectivity index (χ3n) is 1.83. The summed E-state index contributed by atoms with van der Waals surface area (Å²) >= 11 is 7.13. The van der Waals surface area contributed by atoms with Gasteiger partial charge in [-0.2, -0.15) is 0 Å². The van der Waals surface area contributed by atoms with Gasteiger partial charge in [0.2, 0.25) is 0 Å². The van der Waals surface area contributed by atoms with Crippen LogP contribution in [0.3, 0.4) is 0 Å². The van der Waals surface area contributed by atoms with E-state index in [1.165, 1.54) is 16.9 Å². The van der Waals surface area contributed by atoms with Crippen molar-refractivity contribution in [3.63, 3.8) is 0 Å². The van der Waals surface area contributed by atoms with Crippen molar-refractivity contribution in [3.05, 3.63) is 51.4 Å². The van der Waals surface area contributed by atoms with Gasteiger partial charge in [-0.05, 0) is 5.56 Å². The highest BCUT2D eigenvalue weighted by Gasteiger charge is 1.94. The summed E-state index contributed by atoms with van der Waals surface area (Å²) in [4.78, 5) is 9.23. The van der Waals surface area contributed by atoms with Crippen molar-refractivity contribution in [1.29, 1.82) is 0 Å². The molecule has 0 fully saturated rings. The zero-order valence-corrected chi connectivity index (χ0v) is 9.50. The molecule has 0 bridgehead atoms. The molecule has 0 spiro atoms. The molecule has 0 amide bonds. The fourth-order valence-electron chi connectivity index (χ4n) is 1.15. The maximum atomic E-state index is 5.70. The summed E-state index contributed by atoms with van der Waals surface area (Å²) in [6.07, 6.45) is 3.53. The number of thiazole rings is 1. The molecule has 4 heteroatoms. The molecule has 0 saturated heterocycles. The van der Waals surface area contributed by atoms with E-state index in [4.69, 9.17) is 11.6 Å². The first-order valence-electron chi connectivity index (χ1n) is 4.50. The second kappa shape index (κ2) is 5.05. The van der Waals surface area contributed by atoms with Gasteiger partial charge < -0.3 is 0 Å². The highest BCUT2D eigenvalue weighted by molar-refractivity contribution is 7.17. The number of halogens is 1. The van der Waals surface area contributed by atoms with Crippen LogP contribution < -0.4 is 0 Å². The molecule has 2 rings (SSSR count). The Morgan fingerprint density at radius 1 is 1.33 bits per heavy atom. The quantitative estimate of drug-likeness (QED) is 0.750. The van der Waals surface area contributed by atoms with E-state index in [0.29, 0.717) is 11.0 Å². The van der Waals surface area contributed by atoms with Gasteiger partial charge in [0.1, 0.15) is 0 Å². The predicted octanol–water partition coefficient (Wildman–Crippen LogP) is 3.42. The van der Waals surface area contributed by atoms with Gasteiger partial charge in [0.05, 0.1) is 11.4 Å². The van der Waals surface area contributed by atoms with Crippen LogP contribution in [0.4, 0.5) is 0 Å². The molecule has 0 aliphatic heterocycles. The van der Waals surface area contributed by atoms with E-state index in [9.17, 15) is 0 Å². The Balaban J connectivity index is 1.96. The van der Waals surface area contributed by atoms with Crippen molar-refractivity contribution in [2.45, 2.75) is 6.54 Å². The molecule has 0 aliphatic carbocycles. The van der Waals surface area contributed by atoms with Crippen molar-refractivity contribution in [3.8, 4) is 0 Å². The molecule has 0 N–H and O–H groups in total. The lowest BCUT2D eigenvalue weighted by Gasteiger charge is -1.93. The second-order valence-corrected chi connectivity index (χ2v) is 4.62. The molecule has 15 heavy (non-hydrogen) atoms. The van der Waals surface area contributed by atoms with Crippen LogP contribution in [0.1, 0.15) is 10.4 Å². The van der Waals surface area contributed by atoms with Gasteiger partial charge in [-0.25, -0.2) is 4.98 Å². The summed E-state index contributed by atoms with van der Waals surface area (Å²) in [5, 5.41) is 0. The van der Waals surface area contributed by atoms with Crippen molar-refractivity contribution in [2.24, 2.45) is 4.99 Å². The summed E-state index contributed by atoms with van der Waals surface area (Å²) in [7, 11) is 0. The summed E-state index contributed by atoms with van der Waals surface area (Å²) in [5.41, 5.74) is 1.20. The van der Waals surface area contributed by atoms with Crippen LogP contribution in [0.15, 0.2) is 41.5 Å². The molecule has 2 aromatic rings. The van der Waals surface area contributed by atoms with E-state index in [2.05, 4.69) is 22.1 Å². The average Bonchev–Trinajstić information content (AvgIpc) is 2.66. The fourth-order valence-corrected chi connectivity index (χ4v) is 2.00. The molecule has 0 radical (unpaired) electrons. The zero-order valence-electron chi connectivity index (χ0n) is 7.93. The Hall–Kier alpha value is -1.19. The Labute approximate surface area is 97.3 Å². The van der Waals surface area contributed by atoms with Gasteiger partial charge in [-0.15, -0.1) is 11.3 Å². The average molecular weight is 237 g/mol. The molecular weight excluding hydrogens is 228 g/mol. The van der Waals surface area contributed by atoms with Crippen LogP contribution in [-0.4, -0.2) is 11.2 Å². The first-order chi connectivity index (χ1) is 7.34. The molecule has 0 saturated carbocycles. The van der Waals surface area contributed by atoms with E-state index in [0.717, 1.165) is 4.88 Å².